The van der Waals surface area contributed by atoms with Gasteiger partial charge in [0.25, 0.3) is 5.78 Å². The van der Waals surface area contributed by atoms with Gasteiger partial charge < -0.3 is 9.80 Å². The minimum atomic E-state index is 0.620. The molecule has 0 spiro atoms. The van der Waals surface area contributed by atoms with Crippen LogP contribution in [-0.2, 0) is 0 Å². The molecule has 9 heteroatoms. The average Bonchev–Trinajstić information content (AvgIpc) is 3.17. The Kier molecular flexibility index (Phi) is 3.37. The Hall–Kier alpha value is -2.29. The van der Waals surface area contributed by atoms with Crippen LogP contribution in [0, 0.1) is 13.8 Å². The maximum Gasteiger partial charge on any atom is 0.254 e. The van der Waals surface area contributed by atoms with Crippen molar-refractivity contribution in [2.45, 2.75) is 32.6 Å². The van der Waals surface area contributed by atoms with Gasteiger partial charge in [-0.05, 0) is 26.7 Å². The molecule has 2 aliphatic rings. The second-order valence-corrected chi connectivity index (χ2v) is 7.53. The summed E-state index contributed by atoms with van der Waals surface area (Å²) in [5, 5.41) is 5.44. The van der Waals surface area contributed by atoms with Crippen molar-refractivity contribution < 1.29 is 0 Å². The van der Waals surface area contributed by atoms with Crippen molar-refractivity contribution in [3.8, 4) is 0 Å². The fourth-order valence-corrected chi connectivity index (χ4v) is 4.16. The maximum atomic E-state index is 4.74. The molecular weight excluding hydrogens is 336 g/mol. The normalized spacial score (nSPS) is 18.3. The van der Waals surface area contributed by atoms with Crippen LogP contribution in [0.4, 0.5) is 10.9 Å². The Balaban J connectivity index is 1.38. The highest BCUT2D eigenvalue weighted by atomic mass is 32.1. The van der Waals surface area contributed by atoms with Crippen LogP contribution in [0.25, 0.3) is 5.78 Å². The summed E-state index contributed by atoms with van der Waals surface area (Å²) in [5.74, 6) is 3.44. The van der Waals surface area contributed by atoms with Crippen LogP contribution < -0.4 is 9.80 Å². The summed E-state index contributed by atoms with van der Waals surface area (Å²) in [4.78, 5) is 18.2. The van der Waals surface area contributed by atoms with Gasteiger partial charge in [0.05, 0.1) is 0 Å². The first-order chi connectivity index (χ1) is 12.2. The molecule has 5 rings (SSSR count). The highest BCUT2D eigenvalue weighted by Crippen LogP contribution is 2.39. The Morgan fingerprint density at radius 1 is 1.04 bits per heavy atom. The molecule has 1 saturated carbocycles. The standard InChI is InChI=1S/C16H20N8S/c1-10-11(2)19-15-17-9-18-24(15)14(10)22-5-7-23(8-6-22)16-20-13(21-25-16)12-3-4-12/h9,12H,3-8H2,1-2H3. The molecule has 3 aromatic heterocycles. The molecule has 0 N–H and O–H groups in total. The second-order valence-electron chi connectivity index (χ2n) is 6.80. The Morgan fingerprint density at radius 3 is 2.56 bits per heavy atom. The third-order valence-electron chi connectivity index (χ3n) is 5.10. The lowest BCUT2D eigenvalue weighted by Gasteiger charge is -2.36. The monoisotopic (exact) mass is 356 g/mol. The van der Waals surface area contributed by atoms with E-state index in [4.69, 9.17) is 4.98 Å². The van der Waals surface area contributed by atoms with Crippen molar-refractivity contribution in [1.82, 2.24) is 28.9 Å². The first-order valence-electron chi connectivity index (χ1n) is 8.71. The summed E-state index contributed by atoms with van der Waals surface area (Å²) in [6.07, 6.45) is 4.07. The summed E-state index contributed by atoms with van der Waals surface area (Å²) >= 11 is 1.54. The number of nitrogens with zero attached hydrogens (tertiary/aromatic N) is 8. The molecule has 0 amide bonds. The van der Waals surface area contributed by atoms with E-state index in [-0.39, 0.29) is 0 Å². The van der Waals surface area contributed by atoms with Crippen molar-refractivity contribution in [1.29, 1.82) is 0 Å². The van der Waals surface area contributed by atoms with Crippen LogP contribution >= 0.6 is 11.5 Å². The quantitative estimate of drug-likeness (QED) is 0.708. The number of hydrogen-bond acceptors (Lipinski definition) is 8. The zero-order valence-corrected chi connectivity index (χ0v) is 15.2. The van der Waals surface area contributed by atoms with Crippen LogP contribution in [0.3, 0.4) is 0 Å². The van der Waals surface area contributed by atoms with Gasteiger partial charge >= 0.3 is 0 Å². The van der Waals surface area contributed by atoms with Gasteiger partial charge in [-0.25, -0.2) is 9.97 Å². The van der Waals surface area contributed by atoms with E-state index in [0.717, 1.165) is 48.6 Å². The van der Waals surface area contributed by atoms with Gasteiger partial charge in [0, 0.05) is 54.9 Å². The molecule has 0 bridgehead atoms. The molecule has 1 aliphatic carbocycles. The van der Waals surface area contributed by atoms with Crippen LogP contribution in [0.1, 0.15) is 35.8 Å². The van der Waals surface area contributed by atoms with Crippen LogP contribution in [0.5, 0.6) is 0 Å². The number of hydrogen-bond donors (Lipinski definition) is 0. The number of anilines is 2. The van der Waals surface area contributed by atoms with Crippen LogP contribution in [-0.4, -0.2) is 55.1 Å². The van der Waals surface area contributed by atoms with Gasteiger partial charge in [-0.15, -0.1) is 0 Å². The molecule has 130 valence electrons. The number of piperazine rings is 1. The lowest BCUT2D eigenvalue weighted by atomic mass is 10.2. The largest absolute Gasteiger partial charge is 0.353 e. The van der Waals surface area contributed by atoms with Gasteiger partial charge in [-0.2, -0.15) is 19.0 Å². The van der Waals surface area contributed by atoms with E-state index in [1.165, 1.54) is 29.9 Å². The van der Waals surface area contributed by atoms with Crippen molar-refractivity contribution in [2.75, 3.05) is 36.0 Å². The van der Waals surface area contributed by atoms with Crippen molar-refractivity contribution in [2.24, 2.45) is 0 Å². The molecule has 0 atom stereocenters. The highest BCUT2D eigenvalue weighted by Gasteiger charge is 2.30. The molecule has 8 nitrogen and oxygen atoms in total. The van der Waals surface area contributed by atoms with Gasteiger partial charge in [0.15, 0.2) is 0 Å². The summed E-state index contributed by atoms with van der Waals surface area (Å²) in [5.41, 5.74) is 2.18. The van der Waals surface area contributed by atoms with E-state index >= 15 is 0 Å². The summed E-state index contributed by atoms with van der Waals surface area (Å²) < 4.78 is 6.39. The van der Waals surface area contributed by atoms with E-state index in [2.05, 4.69) is 36.2 Å². The zero-order valence-electron chi connectivity index (χ0n) is 14.4. The fraction of sp³-hybridized carbons (Fsp3) is 0.562. The van der Waals surface area contributed by atoms with Crippen molar-refractivity contribution >= 4 is 28.3 Å². The van der Waals surface area contributed by atoms with E-state index < -0.39 is 0 Å². The molecule has 0 unspecified atom stereocenters. The van der Waals surface area contributed by atoms with E-state index in [9.17, 15) is 0 Å². The fourth-order valence-electron chi connectivity index (χ4n) is 3.36. The van der Waals surface area contributed by atoms with Crippen molar-refractivity contribution in [3.05, 3.63) is 23.4 Å². The zero-order chi connectivity index (χ0) is 17.0. The molecule has 0 aromatic carbocycles. The number of aromatic nitrogens is 6. The second kappa shape index (κ2) is 5.62. The predicted molar refractivity (Wildman–Crippen MR) is 96.6 cm³/mol. The smallest absolute Gasteiger partial charge is 0.254 e. The first-order valence-corrected chi connectivity index (χ1v) is 9.48. The molecule has 4 heterocycles. The molecule has 2 fully saturated rings. The summed E-state index contributed by atoms with van der Waals surface area (Å²) in [6, 6.07) is 0. The predicted octanol–water partition coefficient (Wildman–Crippen LogP) is 1.80. The third-order valence-corrected chi connectivity index (χ3v) is 5.89. The molecule has 3 aromatic rings. The maximum absolute atomic E-state index is 4.74. The SMILES string of the molecule is Cc1nc2ncnn2c(N2CCN(c3nc(C4CC4)ns3)CC2)c1C. The summed E-state index contributed by atoms with van der Waals surface area (Å²) in [6.45, 7) is 7.88. The lowest BCUT2D eigenvalue weighted by molar-refractivity contribution is 0.634. The van der Waals surface area contributed by atoms with E-state index in [1.54, 1.807) is 6.33 Å². The van der Waals surface area contributed by atoms with E-state index in [0.29, 0.717) is 11.7 Å². The summed E-state index contributed by atoms with van der Waals surface area (Å²) in [7, 11) is 0. The third kappa shape index (κ3) is 2.53. The molecule has 25 heavy (non-hydrogen) atoms. The van der Waals surface area contributed by atoms with Gasteiger partial charge in [-0.1, -0.05) is 0 Å². The van der Waals surface area contributed by atoms with Crippen molar-refractivity contribution in [3.63, 3.8) is 0 Å². The Morgan fingerprint density at radius 2 is 1.80 bits per heavy atom. The highest BCUT2D eigenvalue weighted by molar-refractivity contribution is 7.09. The molecule has 0 radical (unpaired) electrons. The van der Waals surface area contributed by atoms with E-state index in [1.807, 2.05) is 11.4 Å². The molecule has 1 aliphatic heterocycles. The van der Waals surface area contributed by atoms with Gasteiger partial charge in [-0.3, -0.25) is 0 Å². The number of fused-ring (bicyclic) bond motifs is 1. The molecular formula is C16H20N8S. The Bertz CT molecular complexity index is 920. The van der Waals surface area contributed by atoms with Gasteiger partial charge in [0.2, 0.25) is 5.13 Å². The topological polar surface area (TPSA) is 75.3 Å². The minimum absolute atomic E-state index is 0.620. The lowest BCUT2D eigenvalue weighted by Crippen LogP contribution is -2.47. The number of rotatable bonds is 3. The number of aryl methyl sites for hydroxylation is 1. The van der Waals surface area contributed by atoms with Crippen LogP contribution in [0.2, 0.25) is 0 Å². The van der Waals surface area contributed by atoms with Gasteiger partial charge in [0.1, 0.15) is 18.0 Å². The average molecular weight is 356 g/mol. The first kappa shape index (κ1) is 15.0. The molecule has 1 saturated heterocycles. The van der Waals surface area contributed by atoms with Crippen LogP contribution in [0.15, 0.2) is 6.33 Å². The minimum Gasteiger partial charge on any atom is -0.353 e. The Labute approximate surface area is 149 Å².